The third kappa shape index (κ3) is 4.61. The third-order valence-electron chi connectivity index (χ3n) is 5.52. The van der Waals surface area contributed by atoms with Gasteiger partial charge in [0.05, 0.1) is 11.9 Å². The van der Waals surface area contributed by atoms with Gasteiger partial charge < -0.3 is 9.84 Å². The Morgan fingerprint density at radius 2 is 1.80 bits per heavy atom. The molecular weight excluding hydrogens is 447 g/mol. The number of rotatable bonds is 4. The highest BCUT2D eigenvalue weighted by Gasteiger charge is 2.20. The van der Waals surface area contributed by atoms with E-state index in [0.29, 0.717) is 28.4 Å². The zero-order valence-electron chi connectivity index (χ0n) is 19.4. The van der Waals surface area contributed by atoms with Crippen LogP contribution in [0.15, 0.2) is 77.8 Å². The van der Waals surface area contributed by atoms with Crippen LogP contribution in [0.4, 0.5) is 20.7 Å². The summed E-state index contributed by atoms with van der Waals surface area (Å²) in [7, 11) is 0. The van der Waals surface area contributed by atoms with E-state index in [-0.39, 0.29) is 11.2 Å². The molecule has 0 spiro atoms. The summed E-state index contributed by atoms with van der Waals surface area (Å²) in [5.74, 6) is 0.435. The van der Waals surface area contributed by atoms with Crippen molar-refractivity contribution in [2.24, 2.45) is 0 Å². The molecule has 0 bridgehead atoms. The van der Waals surface area contributed by atoms with Gasteiger partial charge in [-0.2, -0.15) is 0 Å². The number of fused-ring (bicyclic) bond motifs is 1. The molecule has 0 atom stereocenters. The highest BCUT2D eigenvalue weighted by molar-refractivity contribution is 5.99. The van der Waals surface area contributed by atoms with Gasteiger partial charge in [0.25, 0.3) is 0 Å². The first-order chi connectivity index (χ1) is 16.8. The van der Waals surface area contributed by atoms with Crippen LogP contribution in [0.1, 0.15) is 26.5 Å². The highest BCUT2D eigenvalue weighted by atomic mass is 19.1. The first-order valence-corrected chi connectivity index (χ1v) is 11.0. The van der Waals surface area contributed by atoms with Gasteiger partial charge in [-0.15, -0.1) is 0 Å². The number of halogens is 1. The molecule has 1 aromatic carbocycles. The molecule has 0 radical (unpaired) electrons. The standard InChI is InChI=1S/C26H23FN6O2/c1-26(2,3)22-14-23(32-35-22)31-25(34)30-18-4-5-19(20(27)13-18)21-15-29-24-12-17(8-11-33(21)24)16-6-9-28-10-7-16/h4-15H,1-3H3,(H2,30,31,32,34). The van der Waals surface area contributed by atoms with Gasteiger partial charge in [0.2, 0.25) is 0 Å². The van der Waals surface area contributed by atoms with Crippen molar-refractivity contribution < 1.29 is 13.7 Å². The van der Waals surface area contributed by atoms with E-state index in [4.69, 9.17) is 4.52 Å². The Morgan fingerprint density at radius 3 is 2.51 bits per heavy atom. The van der Waals surface area contributed by atoms with Crippen molar-refractivity contribution in [3.8, 4) is 22.4 Å². The first kappa shape index (κ1) is 22.3. The maximum absolute atomic E-state index is 15.1. The van der Waals surface area contributed by atoms with Crippen molar-refractivity contribution >= 4 is 23.2 Å². The molecule has 9 heteroatoms. The monoisotopic (exact) mass is 470 g/mol. The van der Waals surface area contributed by atoms with Crippen LogP contribution < -0.4 is 10.6 Å². The molecule has 0 fully saturated rings. The summed E-state index contributed by atoms with van der Waals surface area (Å²) in [6.45, 7) is 5.93. The number of nitrogens with zero attached hydrogens (tertiary/aromatic N) is 4. The maximum atomic E-state index is 15.1. The second kappa shape index (κ2) is 8.68. The summed E-state index contributed by atoms with van der Waals surface area (Å²) < 4.78 is 22.1. The van der Waals surface area contributed by atoms with E-state index < -0.39 is 11.8 Å². The lowest BCUT2D eigenvalue weighted by Crippen LogP contribution is -2.19. The van der Waals surface area contributed by atoms with Crippen molar-refractivity contribution in [2.75, 3.05) is 10.6 Å². The molecule has 0 aliphatic rings. The average Bonchev–Trinajstić information content (AvgIpc) is 3.46. The molecular formula is C26H23FN6O2. The van der Waals surface area contributed by atoms with Crippen LogP contribution in [0.3, 0.4) is 0 Å². The molecule has 0 unspecified atom stereocenters. The molecule has 0 aliphatic carbocycles. The largest absolute Gasteiger partial charge is 0.359 e. The lowest BCUT2D eigenvalue weighted by Gasteiger charge is -2.12. The fraction of sp³-hybridized carbons (Fsp3) is 0.154. The summed E-state index contributed by atoms with van der Waals surface area (Å²) in [5.41, 5.74) is 3.74. The second-order valence-electron chi connectivity index (χ2n) is 9.12. The van der Waals surface area contributed by atoms with Crippen LogP contribution in [0, 0.1) is 5.82 Å². The van der Waals surface area contributed by atoms with Crippen LogP contribution in [-0.4, -0.2) is 25.6 Å². The Bertz CT molecular complexity index is 1520. The lowest BCUT2D eigenvalue weighted by molar-refractivity contribution is 0.262. The van der Waals surface area contributed by atoms with E-state index in [9.17, 15) is 4.79 Å². The van der Waals surface area contributed by atoms with E-state index in [0.717, 1.165) is 11.1 Å². The van der Waals surface area contributed by atoms with Crippen LogP contribution in [0.25, 0.3) is 28.0 Å². The van der Waals surface area contributed by atoms with Gasteiger partial charge in [0.1, 0.15) is 17.2 Å². The summed E-state index contributed by atoms with van der Waals surface area (Å²) in [6, 6.07) is 13.3. The van der Waals surface area contributed by atoms with Gasteiger partial charge >= 0.3 is 6.03 Å². The number of aromatic nitrogens is 4. The van der Waals surface area contributed by atoms with Crippen molar-refractivity contribution in [2.45, 2.75) is 26.2 Å². The Labute approximate surface area is 200 Å². The molecule has 2 N–H and O–H groups in total. The molecule has 5 rings (SSSR count). The number of urea groups is 1. The van der Waals surface area contributed by atoms with Gasteiger partial charge in [-0.3, -0.25) is 14.7 Å². The maximum Gasteiger partial charge on any atom is 0.324 e. The van der Waals surface area contributed by atoms with Crippen LogP contribution in [0.5, 0.6) is 0 Å². The number of carbonyl (C=O) groups is 1. The smallest absolute Gasteiger partial charge is 0.324 e. The van der Waals surface area contributed by atoms with E-state index in [2.05, 4.69) is 25.8 Å². The van der Waals surface area contributed by atoms with Gasteiger partial charge in [-0.05, 0) is 53.6 Å². The molecule has 0 aliphatic heterocycles. The second-order valence-corrected chi connectivity index (χ2v) is 9.12. The number of pyridine rings is 2. The molecule has 8 nitrogen and oxygen atoms in total. The molecule has 4 heterocycles. The minimum atomic E-state index is -0.552. The Kier molecular flexibility index (Phi) is 5.52. The van der Waals surface area contributed by atoms with Crippen LogP contribution >= 0.6 is 0 Å². The lowest BCUT2D eigenvalue weighted by atomic mass is 9.93. The zero-order valence-corrected chi connectivity index (χ0v) is 19.4. The van der Waals surface area contributed by atoms with Gasteiger partial charge in [0.15, 0.2) is 5.82 Å². The topological polar surface area (TPSA) is 97.3 Å². The number of hydrogen-bond donors (Lipinski definition) is 2. The number of nitrogens with one attached hydrogen (secondary N) is 2. The molecule has 2 amide bonds. The van der Waals surface area contributed by atoms with E-state index in [1.165, 1.54) is 6.07 Å². The fourth-order valence-corrected chi connectivity index (χ4v) is 3.67. The zero-order chi connectivity index (χ0) is 24.6. The van der Waals surface area contributed by atoms with Crippen molar-refractivity contribution in [3.05, 3.63) is 84.9 Å². The van der Waals surface area contributed by atoms with E-state index >= 15 is 4.39 Å². The Hall–Kier alpha value is -4.53. The van der Waals surface area contributed by atoms with Gasteiger partial charge in [-0.25, -0.2) is 14.2 Å². The Morgan fingerprint density at radius 1 is 1.00 bits per heavy atom. The fourth-order valence-electron chi connectivity index (χ4n) is 3.67. The van der Waals surface area contributed by atoms with Crippen molar-refractivity contribution in [1.82, 2.24) is 19.5 Å². The van der Waals surface area contributed by atoms with Crippen molar-refractivity contribution in [3.63, 3.8) is 0 Å². The summed E-state index contributed by atoms with van der Waals surface area (Å²) in [5, 5.41) is 9.06. The van der Waals surface area contributed by atoms with E-state index in [1.807, 2.05) is 55.6 Å². The highest BCUT2D eigenvalue weighted by Crippen LogP contribution is 2.29. The molecule has 176 valence electrons. The summed E-state index contributed by atoms with van der Waals surface area (Å²) in [4.78, 5) is 20.8. The number of benzene rings is 1. The first-order valence-electron chi connectivity index (χ1n) is 11.0. The number of imidazole rings is 1. The molecule has 35 heavy (non-hydrogen) atoms. The number of carbonyl (C=O) groups excluding carboxylic acids is 1. The molecule has 5 aromatic rings. The summed E-state index contributed by atoms with van der Waals surface area (Å²) >= 11 is 0. The SMILES string of the molecule is CC(C)(C)c1cc(NC(=O)Nc2ccc(-c3cnc4cc(-c5ccncc5)ccn34)c(F)c2)no1. The minimum absolute atomic E-state index is 0.235. The average molecular weight is 471 g/mol. The van der Waals surface area contributed by atoms with Gasteiger partial charge in [-0.1, -0.05) is 25.9 Å². The third-order valence-corrected chi connectivity index (χ3v) is 5.52. The van der Waals surface area contributed by atoms with Gasteiger partial charge in [0, 0.05) is 41.3 Å². The quantitative estimate of drug-likeness (QED) is 0.329. The molecule has 4 aromatic heterocycles. The van der Waals surface area contributed by atoms with E-state index in [1.54, 1.807) is 36.8 Å². The normalized spacial score (nSPS) is 11.5. The Balaban J connectivity index is 1.33. The predicted molar refractivity (Wildman–Crippen MR) is 132 cm³/mol. The van der Waals surface area contributed by atoms with Crippen LogP contribution in [-0.2, 0) is 5.41 Å². The van der Waals surface area contributed by atoms with Crippen LogP contribution in [0.2, 0.25) is 0 Å². The summed E-state index contributed by atoms with van der Waals surface area (Å²) in [6.07, 6.45) is 6.95. The molecule has 0 saturated carbocycles. The predicted octanol–water partition coefficient (Wildman–Crippen LogP) is 6.13. The number of hydrogen-bond acceptors (Lipinski definition) is 5. The van der Waals surface area contributed by atoms with Crippen molar-refractivity contribution in [1.29, 1.82) is 0 Å². The number of amides is 2. The molecule has 0 saturated heterocycles. The number of anilines is 2. The minimum Gasteiger partial charge on any atom is -0.359 e.